The van der Waals surface area contributed by atoms with Gasteiger partial charge >= 0.3 is 0 Å². The van der Waals surface area contributed by atoms with Gasteiger partial charge in [0.2, 0.25) is 0 Å². The zero-order valence-corrected chi connectivity index (χ0v) is 13.0. The van der Waals surface area contributed by atoms with E-state index in [0.29, 0.717) is 11.9 Å². The van der Waals surface area contributed by atoms with Gasteiger partial charge in [-0.15, -0.1) is 6.58 Å². The Balaban J connectivity index is 2.76. The lowest BCUT2D eigenvalue weighted by atomic mass is 10.2. The molecule has 18 heavy (non-hydrogen) atoms. The third kappa shape index (κ3) is 2.61. The number of halogens is 1. The molecule has 0 amide bonds. The third-order valence-electron chi connectivity index (χ3n) is 2.47. The summed E-state index contributed by atoms with van der Waals surface area (Å²) in [4.78, 5) is 17.0. The van der Waals surface area contributed by atoms with Gasteiger partial charge in [0.25, 0.3) is 5.56 Å². The predicted molar refractivity (Wildman–Crippen MR) is 85.3 cm³/mol. The van der Waals surface area contributed by atoms with Crippen LogP contribution in [0.1, 0.15) is 6.92 Å². The summed E-state index contributed by atoms with van der Waals surface area (Å²) >= 11 is 3.78. The second-order valence-electron chi connectivity index (χ2n) is 3.69. The molecule has 3 nitrogen and oxygen atoms in total. The Hall–Kier alpha value is -0.820. The highest BCUT2D eigenvalue weighted by atomic mass is 127. The van der Waals surface area contributed by atoms with Crippen molar-refractivity contribution in [3.63, 3.8) is 0 Å². The Morgan fingerprint density at radius 3 is 3.00 bits per heavy atom. The van der Waals surface area contributed by atoms with E-state index in [-0.39, 0.29) is 5.56 Å². The first kappa shape index (κ1) is 13.6. The fraction of sp³-hybridized carbons (Fsp3) is 0.231. The lowest BCUT2D eigenvalue weighted by Crippen LogP contribution is -2.22. The van der Waals surface area contributed by atoms with Crippen molar-refractivity contribution < 1.29 is 0 Å². The monoisotopic (exact) mass is 372 g/mol. The van der Waals surface area contributed by atoms with Crippen LogP contribution in [-0.4, -0.2) is 15.3 Å². The van der Waals surface area contributed by atoms with Gasteiger partial charge in [0.1, 0.15) is 0 Å². The van der Waals surface area contributed by atoms with E-state index >= 15 is 0 Å². The lowest BCUT2D eigenvalue weighted by Gasteiger charge is -2.10. The van der Waals surface area contributed by atoms with E-state index in [9.17, 15) is 4.79 Å². The average molecular weight is 372 g/mol. The van der Waals surface area contributed by atoms with Crippen LogP contribution >= 0.6 is 34.4 Å². The minimum Gasteiger partial charge on any atom is -0.283 e. The van der Waals surface area contributed by atoms with Gasteiger partial charge in [0.15, 0.2) is 5.16 Å². The van der Waals surface area contributed by atoms with Crippen LogP contribution in [0.2, 0.25) is 0 Å². The molecular weight excluding hydrogens is 359 g/mol. The number of rotatable bonds is 4. The number of hydrogen-bond acceptors (Lipinski definition) is 3. The number of hydrogen-bond donors (Lipinski definition) is 0. The van der Waals surface area contributed by atoms with Crippen LogP contribution in [0.25, 0.3) is 10.9 Å². The summed E-state index contributed by atoms with van der Waals surface area (Å²) in [5, 5.41) is 1.43. The van der Waals surface area contributed by atoms with E-state index in [4.69, 9.17) is 0 Å². The van der Waals surface area contributed by atoms with Gasteiger partial charge < -0.3 is 0 Å². The van der Waals surface area contributed by atoms with Gasteiger partial charge in [-0.3, -0.25) is 9.36 Å². The summed E-state index contributed by atoms with van der Waals surface area (Å²) in [6.45, 7) is 6.24. The lowest BCUT2D eigenvalue weighted by molar-refractivity contribution is 0.671. The van der Waals surface area contributed by atoms with E-state index in [1.54, 1.807) is 22.4 Å². The molecule has 0 N–H and O–H groups in total. The SMILES string of the molecule is C=CCn1c(SCC)nc2ccc(I)cc2c1=O. The van der Waals surface area contributed by atoms with Crippen LogP contribution in [0.15, 0.2) is 40.8 Å². The number of fused-ring (bicyclic) bond motifs is 1. The molecule has 2 aromatic rings. The van der Waals surface area contributed by atoms with Gasteiger partial charge in [0, 0.05) is 10.1 Å². The number of nitrogens with zero attached hydrogens (tertiary/aromatic N) is 2. The highest BCUT2D eigenvalue weighted by Gasteiger charge is 2.10. The van der Waals surface area contributed by atoms with Crippen LogP contribution in [0.3, 0.4) is 0 Å². The van der Waals surface area contributed by atoms with Crippen LogP contribution < -0.4 is 5.56 Å². The predicted octanol–water partition coefficient (Wildman–Crippen LogP) is 3.30. The molecule has 0 saturated carbocycles. The maximum absolute atomic E-state index is 12.4. The van der Waals surface area contributed by atoms with E-state index in [0.717, 1.165) is 20.0 Å². The highest BCUT2D eigenvalue weighted by Crippen LogP contribution is 2.18. The molecule has 5 heteroatoms. The van der Waals surface area contributed by atoms with Crippen molar-refractivity contribution in [1.82, 2.24) is 9.55 Å². The van der Waals surface area contributed by atoms with Crippen LogP contribution in [0.4, 0.5) is 0 Å². The molecule has 0 radical (unpaired) electrons. The molecule has 0 atom stereocenters. The molecule has 94 valence electrons. The Labute approximate surface area is 123 Å². The summed E-state index contributed by atoms with van der Waals surface area (Å²) in [7, 11) is 0. The smallest absolute Gasteiger partial charge is 0.262 e. The fourth-order valence-electron chi connectivity index (χ4n) is 1.70. The minimum absolute atomic E-state index is 0.00867. The first-order valence-electron chi connectivity index (χ1n) is 5.61. The molecule has 0 aliphatic rings. The van der Waals surface area contributed by atoms with Crippen molar-refractivity contribution in [2.75, 3.05) is 5.75 Å². The third-order valence-corrected chi connectivity index (χ3v) is 4.00. The molecule has 2 rings (SSSR count). The molecule has 0 saturated heterocycles. The van der Waals surface area contributed by atoms with E-state index in [1.165, 1.54) is 0 Å². The minimum atomic E-state index is 0.00867. The van der Waals surface area contributed by atoms with E-state index in [1.807, 2.05) is 25.1 Å². The molecule has 0 fully saturated rings. The normalized spacial score (nSPS) is 10.8. The zero-order valence-electron chi connectivity index (χ0n) is 10.0. The Bertz CT molecular complexity index is 651. The van der Waals surface area contributed by atoms with Crippen molar-refractivity contribution in [3.8, 4) is 0 Å². The summed E-state index contributed by atoms with van der Waals surface area (Å²) in [5.41, 5.74) is 0.769. The quantitative estimate of drug-likeness (QED) is 0.358. The van der Waals surface area contributed by atoms with Crippen molar-refractivity contribution in [2.24, 2.45) is 0 Å². The summed E-state index contributed by atoms with van der Waals surface area (Å²) < 4.78 is 2.72. The first-order chi connectivity index (χ1) is 8.67. The maximum Gasteiger partial charge on any atom is 0.262 e. The molecule has 1 aromatic carbocycles. The second kappa shape index (κ2) is 5.88. The van der Waals surface area contributed by atoms with Gasteiger partial charge in [-0.05, 0) is 46.5 Å². The number of thioether (sulfide) groups is 1. The molecule has 0 aliphatic heterocycles. The molecule has 0 unspecified atom stereocenters. The maximum atomic E-state index is 12.4. The Kier molecular flexibility index (Phi) is 4.45. The van der Waals surface area contributed by atoms with Crippen LogP contribution in [0, 0.1) is 3.57 Å². The number of aromatic nitrogens is 2. The number of allylic oxidation sites excluding steroid dienone is 1. The summed E-state index contributed by atoms with van der Waals surface area (Å²) in [6, 6.07) is 5.75. The van der Waals surface area contributed by atoms with Crippen molar-refractivity contribution >= 4 is 45.3 Å². The van der Waals surface area contributed by atoms with Crippen molar-refractivity contribution in [3.05, 3.63) is 44.8 Å². The second-order valence-corrected chi connectivity index (χ2v) is 6.17. The fourth-order valence-corrected chi connectivity index (χ4v) is 2.93. The largest absolute Gasteiger partial charge is 0.283 e. The van der Waals surface area contributed by atoms with E-state index < -0.39 is 0 Å². The van der Waals surface area contributed by atoms with Crippen LogP contribution in [0.5, 0.6) is 0 Å². The Morgan fingerprint density at radius 2 is 2.33 bits per heavy atom. The molecule has 0 bridgehead atoms. The summed E-state index contributed by atoms with van der Waals surface area (Å²) in [6.07, 6.45) is 1.72. The highest BCUT2D eigenvalue weighted by molar-refractivity contribution is 14.1. The Morgan fingerprint density at radius 1 is 1.56 bits per heavy atom. The summed E-state index contributed by atoms with van der Waals surface area (Å²) in [5.74, 6) is 0.888. The average Bonchev–Trinajstić information content (AvgIpc) is 2.35. The molecule has 0 spiro atoms. The van der Waals surface area contributed by atoms with E-state index in [2.05, 4.69) is 34.2 Å². The number of benzene rings is 1. The molecule has 1 aromatic heterocycles. The van der Waals surface area contributed by atoms with Gasteiger partial charge in [-0.25, -0.2) is 4.98 Å². The first-order valence-corrected chi connectivity index (χ1v) is 7.67. The zero-order chi connectivity index (χ0) is 13.1. The molecular formula is C13H13IN2OS. The van der Waals surface area contributed by atoms with Crippen LogP contribution in [-0.2, 0) is 6.54 Å². The topological polar surface area (TPSA) is 34.9 Å². The van der Waals surface area contributed by atoms with Crippen molar-refractivity contribution in [2.45, 2.75) is 18.6 Å². The van der Waals surface area contributed by atoms with Gasteiger partial charge in [0.05, 0.1) is 10.9 Å². The standard InChI is InChI=1S/C13H13IN2OS/c1-3-7-16-12(17)10-8-9(14)5-6-11(10)15-13(16)18-4-2/h3,5-6,8H,1,4,7H2,2H3. The van der Waals surface area contributed by atoms with Crippen molar-refractivity contribution in [1.29, 1.82) is 0 Å². The molecule has 1 heterocycles. The van der Waals surface area contributed by atoms with Gasteiger partial charge in [-0.1, -0.05) is 24.8 Å². The van der Waals surface area contributed by atoms with Gasteiger partial charge in [-0.2, -0.15) is 0 Å². The molecule has 0 aliphatic carbocycles.